The van der Waals surface area contributed by atoms with Crippen LogP contribution in [0.1, 0.15) is 16.1 Å². The highest BCUT2D eigenvalue weighted by Gasteiger charge is 2.23. The fourth-order valence-corrected chi connectivity index (χ4v) is 2.06. The van der Waals surface area contributed by atoms with Gasteiger partial charge in [-0.3, -0.25) is 9.78 Å². The molecule has 4 nitrogen and oxygen atoms in total. The fourth-order valence-electron chi connectivity index (χ4n) is 2.06. The molecule has 0 aliphatic carbocycles. The summed E-state index contributed by atoms with van der Waals surface area (Å²) in [6.45, 7) is 1.05. The lowest BCUT2D eigenvalue weighted by atomic mass is 10.1. The molecule has 0 bridgehead atoms. The van der Waals surface area contributed by atoms with E-state index < -0.39 is 0 Å². The molecule has 1 aromatic heterocycles. The summed E-state index contributed by atoms with van der Waals surface area (Å²) in [5.41, 5.74) is 2.52. The van der Waals surface area contributed by atoms with Crippen molar-refractivity contribution < 1.29 is 4.79 Å². The molecule has 1 amide bonds. The van der Waals surface area contributed by atoms with Crippen molar-refractivity contribution in [2.45, 2.75) is 6.54 Å². The number of hydrogen-bond acceptors (Lipinski definition) is 3. The van der Waals surface area contributed by atoms with Crippen LogP contribution in [0.25, 0.3) is 0 Å². The second-order valence-corrected chi connectivity index (χ2v) is 4.20. The second kappa shape index (κ2) is 4.49. The molecule has 1 aliphatic heterocycles. The number of amides is 1. The van der Waals surface area contributed by atoms with Crippen LogP contribution in [0.5, 0.6) is 0 Å². The first-order chi connectivity index (χ1) is 8.84. The average molecular weight is 239 g/mol. The SMILES string of the molecule is O=C1c2ccccc2NCN1Cc1ccccn1. The summed E-state index contributed by atoms with van der Waals surface area (Å²) < 4.78 is 0. The molecule has 2 aromatic rings. The molecule has 0 fully saturated rings. The first kappa shape index (κ1) is 10.8. The molecule has 0 saturated heterocycles. The van der Waals surface area contributed by atoms with E-state index in [2.05, 4.69) is 10.3 Å². The Balaban J connectivity index is 1.83. The van der Waals surface area contributed by atoms with E-state index >= 15 is 0 Å². The third-order valence-corrected chi connectivity index (χ3v) is 2.98. The summed E-state index contributed by atoms with van der Waals surface area (Å²) >= 11 is 0. The number of carbonyl (C=O) groups excluding carboxylic acids is 1. The van der Waals surface area contributed by atoms with Gasteiger partial charge in [0.15, 0.2) is 0 Å². The number of nitrogens with one attached hydrogen (secondary N) is 1. The highest BCUT2D eigenvalue weighted by atomic mass is 16.2. The van der Waals surface area contributed by atoms with E-state index in [4.69, 9.17) is 0 Å². The summed E-state index contributed by atoms with van der Waals surface area (Å²) in [5, 5.41) is 3.24. The average Bonchev–Trinajstić information content (AvgIpc) is 2.43. The fraction of sp³-hybridized carbons (Fsp3) is 0.143. The second-order valence-electron chi connectivity index (χ2n) is 4.20. The Labute approximate surface area is 105 Å². The molecule has 18 heavy (non-hydrogen) atoms. The van der Waals surface area contributed by atoms with Crippen molar-refractivity contribution in [1.29, 1.82) is 0 Å². The first-order valence-corrected chi connectivity index (χ1v) is 5.87. The molecule has 0 spiro atoms. The number of hydrogen-bond donors (Lipinski definition) is 1. The summed E-state index contributed by atoms with van der Waals surface area (Å²) in [7, 11) is 0. The Morgan fingerprint density at radius 3 is 2.83 bits per heavy atom. The van der Waals surface area contributed by atoms with Gasteiger partial charge in [-0.2, -0.15) is 0 Å². The number of para-hydroxylation sites is 1. The Hall–Kier alpha value is -2.36. The van der Waals surface area contributed by atoms with Crippen molar-refractivity contribution in [2.75, 3.05) is 12.0 Å². The van der Waals surface area contributed by atoms with Gasteiger partial charge in [-0.25, -0.2) is 0 Å². The van der Waals surface area contributed by atoms with Crippen LogP contribution in [0, 0.1) is 0 Å². The van der Waals surface area contributed by atoms with E-state index in [9.17, 15) is 4.79 Å². The van der Waals surface area contributed by atoms with Crippen LogP contribution in [0.15, 0.2) is 48.7 Å². The molecule has 2 heterocycles. The number of pyridine rings is 1. The number of nitrogens with zero attached hydrogens (tertiary/aromatic N) is 2. The molecule has 0 radical (unpaired) electrons. The van der Waals surface area contributed by atoms with Gasteiger partial charge >= 0.3 is 0 Å². The molecular formula is C14H13N3O. The van der Waals surface area contributed by atoms with Crippen molar-refractivity contribution in [2.24, 2.45) is 0 Å². The molecule has 3 rings (SSSR count). The largest absolute Gasteiger partial charge is 0.367 e. The number of aromatic nitrogens is 1. The van der Waals surface area contributed by atoms with Gasteiger partial charge in [-0.1, -0.05) is 18.2 Å². The molecular weight excluding hydrogens is 226 g/mol. The van der Waals surface area contributed by atoms with Crippen LogP contribution in [-0.4, -0.2) is 22.5 Å². The Kier molecular flexibility index (Phi) is 2.68. The normalized spacial score (nSPS) is 14.0. The van der Waals surface area contributed by atoms with Gasteiger partial charge in [0.25, 0.3) is 5.91 Å². The number of benzene rings is 1. The molecule has 0 saturated carbocycles. The lowest BCUT2D eigenvalue weighted by Gasteiger charge is -2.29. The summed E-state index contributed by atoms with van der Waals surface area (Å²) in [4.78, 5) is 18.3. The van der Waals surface area contributed by atoms with Crippen LogP contribution >= 0.6 is 0 Å². The minimum Gasteiger partial charge on any atom is -0.367 e. The van der Waals surface area contributed by atoms with Gasteiger partial charge in [0.2, 0.25) is 0 Å². The molecule has 4 heteroatoms. The topological polar surface area (TPSA) is 45.2 Å². The van der Waals surface area contributed by atoms with Crippen LogP contribution in [0.2, 0.25) is 0 Å². The number of carbonyl (C=O) groups is 1. The van der Waals surface area contributed by atoms with Crippen LogP contribution in [0.3, 0.4) is 0 Å². The molecule has 90 valence electrons. The minimum atomic E-state index is 0.0509. The minimum absolute atomic E-state index is 0.0509. The highest BCUT2D eigenvalue weighted by Crippen LogP contribution is 2.22. The van der Waals surface area contributed by atoms with E-state index in [-0.39, 0.29) is 5.91 Å². The summed E-state index contributed by atoms with van der Waals surface area (Å²) in [5.74, 6) is 0.0509. The van der Waals surface area contributed by atoms with Crippen molar-refractivity contribution >= 4 is 11.6 Å². The van der Waals surface area contributed by atoms with Gasteiger partial charge in [0.05, 0.1) is 24.5 Å². The Bertz CT molecular complexity index is 568. The maximum Gasteiger partial charge on any atom is 0.257 e. The van der Waals surface area contributed by atoms with Crippen molar-refractivity contribution in [3.05, 3.63) is 59.9 Å². The third kappa shape index (κ3) is 1.93. The summed E-state index contributed by atoms with van der Waals surface area (Å²) in [6, 6.07) is 13.3. The van der Waals surface area contributed by atoms with Crippen molar-refractivity contribution in [3.63, 3.8) is 0 Å². The molecule has 0 atom stereocenters. The molecule has 1 aliphatic rings. The quantitative estimate of drug-likeness (QED) is 0.873. The van der Waals surface area contributed by atoms with Gasteiger partial charge < -0.3 is 10.2 Å². The predicted molar refractivity (Wildman–Crippen MR) is 69.0 cm³/mol. The van der Waals surface area contributed by atoms with Gasteiger partial charge in [-0.15, -0.1) is 0 Å². The summed E-state index contributed by atoms with van der Waals surface area (Å²) in [6.07, 6.45) is 1.74. The van der Waals surface area contributed by atoms with E-state index in [1.165, 1.54) is 0 Å². The zero-order chi connectivity index (χ0) is 12.4. The molecule has 0 unspecified atom stereocenters. The predicted octanol–water partition coefficient (Wildman–Crippen LogP) is 2.11. The van der Waals surface area contributed by atoms with E-state index in [1.54, 1.807) is 11.1 Å². The lowest BCUT2D eigenvalue weighted by Crippen LogP contribution is -2.39. The van der Waals surface area contributed by atoms with E-state index in [0.29, 0.717) is 13.2 Å². The van der Waals surface area contributed by atoms with Crippen LogP contribution in [0.4, 0.5) is 5.69 Å². The smallest absolute Gasteiger partial charge is 0.257 e. The highest BCUT2D eigenvalue weighted by molar-refractivity contribution is 6.01. The Morgan fingerprint density at radius 1 is 1.17 bits per heavy atom. The van der Waals surface area contributed by atoms with Crippen LogP contribution in [-0.2, 0) is 6.54 Å². The monoisotopic (exact) mass is 239 g/mol. The maximum absolute atomic E-state index is 12.3. The van der Waals surface area contributed by atoms with Gasteiger partial charge in [-0.05, 0) is 24.3 Å². The first-order valence-electron chi connectivity index (χ1n) is 5.87. The van der Waals surface area contributed by atoms with Gasteiger partial charge in [0, 0.05) is 11.9 Å². The Morgan fingerprint density at radius 2 is 2.00 bits per heavy atom. The number of rotatable bonds is 2. The maximum atomic E-state index is 12.3. The van der Waals surface area contributed by atoms with Crippen molar-refractivity contribution in [3.8, 4) is 0 Å². The third-order valence-electron chi connectivity index (χ3n) is 2.98. The zero-order valence-corrected chi connectivity index (χ0v) is 9.84. The van der Waals surface area contributed by atoms with Gasteiger partial charge in [0.1, 0.15) is 0 Å². The molecule has 1 N–H and O–H groups in total. The molecule has 1 aromatic carbocycles. The van der Waals surface area contributed by atoms with E-state index in [0.717, 1.165) is 16.9 Å². The van der Waals surface area contributed by atoms with Crippen molar-refractivity contribution in [1.82, 2.24) is 9.88 Å². The number of anilines is 1. The van der Waals surface area contributed by atoms with E-state index in [1.807, 2.05) is 42.5 Å². The van der Waals surface area contributed by atoms with Crippen LogP contribution < -0.4 is 5.32 Å². The standard InChI is InChI=1S/C14H13N3O/c18-14-12-6-1-2-7-13(12)16-10-17(14)9-11-5-3-4-8-15-11/h1-8,16H,9-10H2. The lowest BCUT2D eigenvalue weighted by molar-refractivity contribution is 0.0744. The number of fused-ring (bicyclic) bond motifs is 1. The zero-order valence-electron chi connectivity index (χ0n) is 9.84.